The van der Waals surface area contributed by atoms with Crippen LogP contribution in [-0.2, 0) is 6.54 Å². The van der Waals surface area contributed by atoms with Crippen molar-refractivity contribution in [3.63, 3.8) is 0 Å². The van der Waals surface area contributed by atoms with Crippen LogP contribution in [0.25, 0.3) is 0 Å². The molecule has 0 fully saturated rings. The summed E-state index contributed by atoms with van der Waals surface area (Å²) < 4.78 is 1.10. The minimum absolute atomic E-state index is 0.779. The molecule has 0 aromatic heterocycles. The molecular weight excluding hydrogens is 275 g/mol. The van der Waals surface area contributed by atoms with Crippen molar-refractivity contribution in [2.24, 2.45) is 0 Å². The van der Waals surface area contributed by atoms with E-state index in [1.165, 1.54) is 5.56 Å². The zero-order valence-electron chi connectivity index (χ0n) is 8.82. The second-order valence-electron chi connectivity index (χ2n) is 3.27. The Labute approximate surface area is 105 Å². The van der Waals surface area contributed by atoms with Gasteiger partial charge in [0.25, 0.3) is 0 Å². The molecule has 1 rings (SSSR count). The summed E-state index contributed by atoms with van der Waals surface area (Å²) in [6, 6.07) is 5.84. The van der Waals surface area contributed by atoms with E-state index in [0.29, 0.717) is 0 Å². The molecule has 84 valence electrons. The normalized spacial score (nSPS) is 10.6. The molecule has 2 nitrogen and oxygen atoms in total. The van der Waals surface area contributed by atoms with Gasteiger partial charge in [-0.15, -0.1) is 0 Å². The molecule has 0 spiro atoms. The Morgan fingerprint density at radius 1 is 1.27 bits per heavy atom. The smallest absolute Gasteiger partial charge is 0.0410 e. The minimum Gasteiger partial charge on any atom is -0.316 e. The van der Waals surface area contributed by atoms with E-state index >= 15 is 0 Å². The molecule has 0 unspecified atom stereocenters. The number of benzene rings is 1. The maximum Gasteiger partial charge on any atom is 0.0410 e. The van der Waals surface area contributed by atoms with Crippen molar-refractivity contribution in [2.75, 3.05) is 19.6 Å². The summed E-state index contributed by atoms with van der Waals surface area (Å²) in [5, 5.41) is 7.39. The van der Waals surface area contributed by atoms with Crippen molar-refractivity contribution < 1.29 is 0 Å². The lowest BCUT2D eigenvalue weighted by Crippen LogP contribution is -2.26. The highest BCUT2D eigenvalue weighted by Crippen LogP contribution is 2.20. The molecule has 0 atom stereocenters. The average molecular weight is 292 g/mol. The molecule has 0 heterocycles. The summed E-state index contributed by atoms with van der Waals surface area (Å²) in [4.78, 5) is 0. The van der Waals surface area contributed by atoms with Crippen molar-refractivity contribution >= 4 is 27.5 Å². The van der Waals surface area contributed by atoms with Crippen molar-refractivity contribution in [1.82, 2.24) is 10.6 Å². The zero-order valence-corrected chi connectivity index (χ0v) is 11.2. The third-order valence-corrected chi connectivity index (χ3v) is 3.06. The fourth-order valence-corrected chi connectivity index (χ4v) is 1.84. The largest absolute Gasteiger partial charge is 0.316 e. The van der Waals surface area contributed by atoms with Gasteiger partial charge in [0, 0.05) is 29.1 Å². The lowest BCUT2D eigenvalue weighted by molar-refractivity contribution is 0.624. The highest BCUT2D eigenvalue weighted by Gasteiger charge is 1.99. The van der Waals surface area contributed by atoms with Crippen LogP contribution >= 0.6 is 27.5 Å². The number of nitrogens with one attached hydrogen (secondary N) is 2. The van der Waals surface area contributed by atoms with Crippen LogP contribution in [-0.4, -0.2) is 19.6 Å². The second-order valence-corrected chi connectivity index (χ2v) is 4.56. The van der Waals surface area contributed by atoms with Gasteiger partial charge in [-0.25, -0.2) is 0 Å². The van der Waals surface area contributed by atoms with Crippen molar-refractivity contribution in [3.05, 3.63) is 33.3 Å². The third kappa shape index (κ3) is 4.98. The van der Waals surface area contributed by atoms with Crippen LogP contribution in [0.3, 0.4) is 0 Å². The van der Waals surface area contributed by atoms with E-state index in [9.17, 15) is 0 Å². The second kappa shape index (κ2) is 7.23. The van der Waals surface area contributed by atoms with Gasteiger partial charge in [-0.1, -0.05) is 34.5 Å². The molecule has 1 aromatic rings. The first-order valence-electron chi connectivity index (χ1n) is 5.09. The Hall–Kier alpha value is -0.0900. The van der Waals surface area contributed by atoms with Gasteiger partial charge >= 0.3 is 0 Å². The predicted octanol–water partition coefficient (Wildman–Crippen LogP) is 2.80. The molecule has 0 aliphatic rings. The van der Waals surface area contributed by atoms with E-state index in [-0.39, 0.29) is 0 Å². The van der Waals surface area contributed by atoms with Crippen LogP contribution in [0.4, 0.5) is 0 Å². The van der Waals surface area contributed by atoms with Gasteiger partial charge in [0.1, 0.15) is 0 Å². The molecule has 0 bridgehead atoms. The molecule has 4 heteroatoms. The molecule has 2 N–H and O–H groups in total. The average Bonchev–Trinajstić information content (AvgIpc) is 2.23. The molecule has 0 saturated heterocycles. The first kappa shape index (κ1) is 13.0. The Morgan fingerprint density at radius 2 is 2.00 bits per heavy atom. The minimum atomic E-state index is 0.779. The fraction of sp³-hybridized carbons (Fsp3) is 0.455. The molecule has 1 aromatic carbocycles. The highest BCUT2D eigenvalue weighted by molar-refractivity contribution is 9.10. The van der Waals surface area contributed by atoms with Crippen molar-refractivity contribution in [1.29, 1.82) is 0 Å². The Morgan fingerprint density at radius 3 is 2.73 bits per heavy atom. The number of rotatable bonds is 6. The van der Waals surface area contributed by atoms with Gasteiger partial charge in [-0.05, 0) is 30.3 Å². The highest BCUT2D eigenvalue weighted by atomic mass is 79.9. The van der Waals surface area contributed by atoms with E-state index in [4.69, 9.17) is 11.6 Å². The Kier molecular flexibility index (Phi) is 6.25. The quantitative estimate of drug-likeness (QED) is 0.788. The number of halogens is 2. The van der Waals surface area contributed by atoms with Crippen LogP contribution in [0.15, 0.2) is 22.7 Å². The van der Waals surface area contributed by atoms with Crippen LogP contribution in [0.2, 0.25) is 5.02 Å². The SMILES string of the molecule is CCNCCNCc1cc(Cl)ccc1Br. The summed E-state index contributed by atoms with van der Waals surface area (Å²) in [6.45, 7) is 5.92. The lowest BCUT2D eigenvalue weighted by Gasteiger charge is -2.07. The molecule has 0 aliphatic carbocycles. The summed E-state index contributed by atoms with van der Waals surface area (Å²) in [5.74, 6) is 0. The lowest BCUT2D eigenvalue weighted by atomic mass is 10.2. The fourth-order valence-electron chi connectivity index (χ4n) is 1.26. The first-order valence-corrected chi connectivity index (χ1v) is 6.26. The van der Waals surface area contributed by atoms with E-state index in [2.05, 4.69) is 33.5 Å². The topological polar surface area (TPSA) is 24.1 Å². The molecule has 0 amide bonds. The van der Waals surface area contributed by atoms with Crippen molar-refractivity contribution in [2.45, 2.75) is 13.5 Å². The number of hydrogen-bond donors (Lipinski definition) is 2. The Balaban J connectivity index is 2.33. The first-order chi connectivity index (χ1) is 7.24. The van der Waals surface area contributed by atoms with Crippen LogP contribution in [0.1, 0.15) is 12.5 Å². The standard InChI is InChI=1S/C11H16BrClN2/c1-2-14-5-6-15-8-9-7-10(13)3-4-11(9)12/h3-4,7,14-15H,2,5-6,8H2,1H3. The number of hydrogen-bond acceptors (Lipinski definition) is 2. The summed E-state index contributed by atoms with van der Waals surface area (Å²) >= 11 is 9.42. The van der Waals surface area contributed by atoms with Crippen LogP contribution in [0.5, 0.6) is 0 Å². The zero-order chi connectivity index (χ0) is 11.1. The maximum atomic E-state index is 5.92. The van der Waals surface area contributed by atoms with Gasteiger partial charge in [0.2, 0.25) is 0 Å². The van der Waals surface area contributed by atoms with E-state index < -0.39 is 0 Å². The summed E-state index contributed by atoms with van der Waals surface area (Å²) in [5.41, 5.74) is 1.19. The summed E-state index contributed by atoms with van der Waals surface area (Å²) in [7, 11) is 0. The van der Waals surface area contributed by atoms with E-state index in [1.54, 1.807) is 0 Å². The van der Waals surface area contributed by atoms with E-state index in [0.717, 1.165) is 35.7 Å². The third-order valence-electron chi connectivity index (χ3n) is 2.05. The van der Waals surface area contributed by atoms with Gasteiger partial charge in [-0.2, -0.15) is 0 Å². The monoisotopic (exact) mass is 290 g/mol. The number of likely N-dealkylation sites (N-methyl/N-ethyl adjacent to an activating group) is 1. The van der Waals surface area contributed by atoms with Gasteiger partial charge in [0.05, 0.1) is 0 Å². The van der Waals surface area contributed by atoms with Gasteiger partial charge in [-0.3, -0.25) is 0 Å². The molecule has 15 heavy (non-hydrogen) atoms. The molecule has 0 aliphatic heterocycles. The summed E-state index contributed by atoms with van der Waals surface area (Å²) in [6.07, 6.45) is 0. The van der Waals surface area contributed by atoms with Gasteiger partial charge in [0.15, 0.2) is 0 Å². The molecule has 0 saturated carbocycles. The van der Waals surface area contributed by atoms with E-state index in [1.807, 2.05) is 18.2 Å². The maximum absolute atomic E-state index is 5.92. The predicted molar refractivity (Wildman–Crippen MR) is 69.4 cm³/mol. The van der Waals surface area contributed by atoms with Crippen LogP contribution < -0.4 is 10.6 Å². The molecule has 0 radical (unpaired) electrons. The Bertz CT molecular complexity index is 305. The van der Waals surface area contributed by atoms with Crippen molar-refractivity contribution in [3.8, 4) is 0 Å². The molecular formula is C11H16BrClN2. The van der Waals surface area contributed by atoms with Crippen LogP contribution in [0, 0.1) is 0 Å². The van der Waals surface area contributed by atoms with Gasteiger partial charge < -0.3 is 10.6 Å².